The molecule has 2 aromatic rings. The molecule has 0 spiro atoms. The molecule has 2 rings (SSSR count). The van der Waals surface area contributed by atoms with Gasteiger partial charge in [-0.1, -0.05) is 12.2 Å². The minimum atomic E-state index is -2.67. The van der Waals surface area contributed by atoms with Crippen molar-refractivity contribution in [3.63, 3.8) is 0 Å². The number of nitrogens with one attached hydrogen (secondary N) is 1. The van der Waals surface area contributed by atoms with Crippen LogP contribution in [-0.2, 0) is 30.2 Å². The van der Waals surface area contributed by atoms with E-state index in [1.165, 1.54) is 6.33 Å². The zero-order valence-electron chi connectivity index (χ0n) is 19.1. The van der Waals surface area contributed by atoms with Crippen molar-refractivity contribution in [3.8, 4) is 0 Å². The van der Waals surface area contributed by atoms with E-state index in [0.29, 0.717) is 5.65 Å². The molecular formula is C20H30N5O6P. The lowest BCUT2D eigenvalue weighted by atomic mass is 9.97. The number of hydrogen-bond donors (Lipinski definition) is 2. The van der Waals surface area contributed by atoms with Crippen LogP contribution in [0.5, 0.6) is 0 Å². The van der Waals surface area contributed by atoms with Gasteiger partial charge in [-0.3, -0.25) is 19.4 Å². The van der Waals surface area contributed by atoms with Gasteiger partial charge in [-0.25, -0.2) is 4.98 Å². The Hall–Kier alpha value is -2.94. The molecule has 0 aliphatic heterocycles. The summed E-state index contributed by atoms with van der Waals surface area (Å²) >= 11 is 0. The largest absolute Gasteiger partial charge is 0.418 e. The molecule has 176 valence electrons. The van der Waals surface area contributed by atoms with Crippen molar-refractivity contribution in [1.82, 2.24) is 19.5 Å². The third kappa shape index (κ3) is 6.53. The smallest absolute Gasteiger partial charge is 0.314 e. The highest BCUT2D eigenvalue weighted by Crippen LogP contribution is 2.34. The molecular weight excluding hydrogens is 437 g/mol. The van der Waals surface area contributed by atoms with Crippen LogP contribution in [0, 0.1) is 10.8 Å². The van der Waals surface area contributed by atoms with E-state index in [2.05, 4.69) is 15.0 Å². The number of hydrogen-bond acceptors (Lipinski definition) is 9. The molecule has 3 N–H and O–H groups in total. The number of aromatic nitrogens is 4. The Morgan fingerprint density at radius 3 is 2.25 bits per heavy atom. The predicted molar refractivity (Wildman–Crippen MR) is 120 cm³/mol. The number of aromatic amines is 1. The van der Waals surface area contributed by atoms with Crippen LogP contribution in [-0.4, -0.2) is 43.7 Å². The first-order valence-corrected chi connectivity index (χ1v) is 11.7. The highest BCUT2D eigenvalue weighted by atomic mass is 31.1. The number of H-pyrrole nitrogens is 1. The van der Waals surface area contributed by atoms with Crippen LogP contribution < -0.4 is 11.3 Å². The summed E-state index contributed by atoms with van der Waals surface area (Å²) in [6.07, 6.45) is 4.79. The number of anilines is 1. The molecule has 2 heterocycles. The van der Waals surface area contributed by atoms with Crippen LogP contribution >= 0.6 is 7.80 Å². The van der Waals surface area contributed by atoms with Gasteiger partial charge in [0.2, 0.25) is 5.95 Å². The van der Waals surface area contributed by atoms with E-state index in [4.69, 9.17) is 15.2 Å². The molecule has 11 nitrogen and oxygen atoms in total. The van der Waals surface area contributed by atoms with Crippen molar-refractivity contribution in [2.24, 2.45) is 10.8 Å². The van der Waals surface area contributed by atoms with E-state index in [-0.39, 0.29) is 24.2 Å². The number of carbonyl (C=O) groups is 2. The van der Waals surface area contributed by atoms with Crippen molar-refractivity contribution in [2.45, 2.75) is 54.1 Å². The fourth-order valence-corrected chi connectivity index (χ4v) is 3.36. The van der Waals surface area contributed by atoms with Gasteiger partial charge in [0.1, 0.15) is 0 Å². The van der Waals surface area contributed by atoms with Gasteiger partial charge in [0, 0.05) is 12.7 Å². The van der Waals surface area contributed by atoms with Crippen molar-refractivity contribution in [3.05, 3.63) is 28.8 Å². The van der Waals surface area contributed by atoms with Gasteiger partial charge in [-0.15, -0.1) is 0 Å². The van der Waals surface area contributed by atoms with E-state index in [1.54, 1.807) is 58.3 Å². The molecule has 0 radical (unpaired) electrons. The Labute approximate surface area is 186 Å². The first-order chi connectivity index (χ1) is 14.7. The van der Waals surface area contributed by atoms with Gasteiger partial charge in [0.05, 0.1) is 17.2 Å². The molecule has 0 saturated carbocycles. The fourth-order valence-electron chi connectivity index (χ4n) is 2.29. The highest BCUT2D eigenvalue weighted by molar-refractivity contribution is 7.45. The second-order valence-corrected chi connectivity index (χ2v) is 11.1. The topological polar surface area (TPSA) is 159 Å². The average molecular weight is 467 g/mol. The Balaban J connectivity index is 2.10. The van der Waals surface area contributed by atoms with E-state index >= 15 is 0 Å². The molecule has 0 aliphatic rings. The minimum Gasteiger partial charge on any atom is -0.418 e. The number of carbonyl (C=O) groups excluding carboxylic acids is 2. The molecule has 0 fully saturated rings. The maximum absolute atomic E-state index is 12.8. The number of nitrogen functional groups attached to an aromatic ring is 1. The fraction of sp³-hybridized carbons (Fsp3) is 0.550. The molecule has 2 aromatic heterocycles. The lowest BCUT2D eigenvalue weighted by Crippen LogP contribution is -2.33. The summed E-state index contributed by atoms with van der Waals surface area (Å²) in [7, 11) is -2.67. The molecule has 0 aromatic carbocycles. The zero-order valence-corrected chi connectivity index (χ0v) is 20.1. The van der Waals surface area contributed by atoms with Crippen molar-refractivity contribution < 1.29 is 23.6 Å². The van der Waals surface area contributed by atoms with Gasteiger partial charge in [-0.05, 0) is 41.5 Å². The minimum absolute atomic E-state index is 0.0255. The van der Waals surface area contributed by atoms with Gasteiger partial charge in [0.15, 0.2) is 19.0 Å². The molecule has 0 aliphatic carbocycles. The Bertz CT molecular complexity index is 1080. The van der Waals surface area contributed by atoms with E-state index in [9.17, 15) is 18.9 Å². The Morgan fingerprint density at radius 2 is 1.72 bits per heavy atom. The monoisotopic (exact) mass is 467 g/mol. The molecule has 0 bridgehead atoms. The summed E-state index contributed by atoms with van der Waals surface area (Å²) in [5.74, 6) is -1.27. The van der Waals surface area contributed by atoms with Crippen LogP contribution in [0.15, 0.2) is 23.3 Å². The maximum atomic E-state index is 12.8. The number of esters is 2. The molecule has 1 unspecified atom stereocenters. The van der Waals surface area contributed by atoms with Gasteiger partial charge in [0.25, 0.3) is 11.6 Å². The zero-order chi connectivity index (χ0) is 24.3. The Kier molecular flexibility index (Phi) is 7.66. The molecule has 32 heavy (non-hydrogen) atoms. The van der Waals surface area contributed by atoms with Crippen LogP contribution in [0.25, 0.3) is 11.2 Å². The normalized spacial score (nSPS) is 13.6. The van der Waals surface area contributed by atoms with Crippen molar-refractivity contribution >= 4 is 36.9 Å². The number of nitrogens with zero attached hydrogens (tertiary/aromatic N) is 3. The number of ether oxygens (including phenoxy) is 2. The molecule has 0 saturated heterocycles. The maximum Gasteiger partial charge on any atom is 0.314 e. The SMILES string of the molecule is CC(C)(C)C(=O)OC(OC(=O)C(C)(C)C)[PH](=O)C/C=C/Cn1cnc2c(=O)[nH]c(N)nc21. The predicted octanol–water partition coefficient (Wildman–Crippen LogP) is 2.28. The summed E-state index contributed by atoms with van der Waals surface area (Å²) in [5.41, 5.74) is 3.92. The molecule has 1 atom stereocenters. The summed E-state index contributed by atoms with van der Waals surface area (Å²) < 4.78 is 25.0. The second-order valence-electron chi connectivity index (χ2n) is 9.30. The van der Waals surface area contributed by atoms with Gasteiger partial charge >= 0.3 is 11.9 Å². The number of rotatable bonds is 7. The lowest BCUT2D eigenvalue weighted by Gasteiger charge is -2.25. The van der Waals surface area contributed by atoms with Gasteiger partial charge in [-0.2, -0.15) is 4.98 Å². The number of imidazole rings is 1. The standard InChI is InChI=1S/C20H30N5O6P/c1-19(2,3)15(27)30-18(31-16(28)20(4,5)6)32(29)10-8-7-9-25-11-22-12-13(25)23-17(21)24-14(12)26/h7-8,11,18,32H,9-10H2,1-6H3,(H3,21,23,24,26)/b8-7+. The quantitative estimate of drug-likeness (QED) is 0.269. The molecule has 0 amide bonds. The first-order valence-electron chi connectivity index (χ1n) is 10.0. The van der Waals surface area contributed by atoms with Crippen LogP contribution in [0.1, 0.15) is 41.5 Å². The lowest BCUT2D eigenvalue weighted by molar-refractivity contribution is -0.184. The van der Waals surface area contributed by atoms with Crippen LogP contribution in [0.3, 0.4) is 0 Å². The summed E-state index contributed by atoms with van der Waals surface area (Å²) in [6.45, 7) is 10.2. The van der Waals surface area contributed by atoms with Crippen LogP contribution in [0.2, 0.25) is 0 Å². The van der Waals surface area contributed by atoms with Crippen molar-refractivity contribution in [1.29, 1.82) is 0 Å². The number of nitrogens with two attached hydrogens (primary N) is 1. The summed E-state index contributed by atoms with van der Waals surface area (Å²) in [5, 5.41) is 0. The second kappa shape index (κ2) is 9.68. The van der Waals surface area contributed by atoms with Crippen LogP contribution in [0.4, 0.5) is 5.95 Å². The van der Waals surface area contributed by atoms with E-state index in [0.717, 1.165) is 0 Å². The van der Waals surface area contributed by atoms with Crippen molar-refractivity contribution in [2.75, 3.05) is 11.9 Å². The summed E-state index contributed by atoms with van der Waals surface area (Å²) in [6, 6.07) is -1.46. The average Bonchev–Trinajstić information content (AvgIpc) is 3.05. The highest BCUT2D eigenvalue weighted by Gasteiger charge is 2.34. The van der Waals surface area contributed by atoms with E-state index in [1.807, 2.05) is 0 Å². The summed E-state index contributed by atoms with van der Waals surface area (Å²) in [4.78, 5) is 46.8. The first kappa shape index (κ1) is 25.3. The van der Waals surface area contributed by atoms with Gasteiger partial charge < -0.3 is 24.3 Å². The molecule has 12 heteroatoms. The third-order valence-corrected chi connectivity index (χ3v) is 5.60. The Morgan fingerprint density at radius 1 is 1.16 bits per heavy atom. The third-order valence-electron chi connectivity index (χ3n) is 4.20. The number of fused-ring (bicyclic) bond motifs is 1. The number of allylic oxidation sites excluding steroid dienone is 2. The van der Waals surface area contributed by atoms with E-state index < -0.39 is 42.2 Å².